The fourth-order valence-electron chi connectivity index (χ4n) is 2.12. The molecule has 116 valence electrons. The molecule has 1 aliphatic rings. The number of halogens is 1. The third-order valence-corrected chi connectivity index (χ3v) is 4.91. The molecule has 1 saturated carbocycles. The standard InChI is InChI=1S/C16H18BrN3OS/c17-13-3-1-2-12(8-13)16-20-14(10-22-16)9-18-6-7-19-15(21)11-4-5-11/h1-3,8,10-11,18H,4-7,9H2,(H,19,21). The van der Waals surface area contributed by atoms with Gasteiger partial charge in [0.2, 0.25) is 5.91 Å². The molecular weight excluding hydrogens is 362 g/mol. The van der Waals surface area contributed by atoms with Gasteiger partial charge >= 0.3 is 0 Å². The number of nitrogens with zero attached hydrogens (tertiary/aromatic N) is 1. The molecule has 0 atom stereocenters. The molecule has 1 amide bonds. The van der Waals surface area contributed by atoms with Crippen molar-refractivity contribution in [3.8, 4) is 10.6 Å². The summed E-state index contributed by atoms with van der Waals surface area (Å²) < 4.78 is 1.06. The van der Waals surface area contributed by atoms with Gasteiger partial charge in [-0.2, -0.15) is 0 Å². The lowest BCUT2D eigenvalue weighted by atomic mass is 10.2. The minimum absolute atomic E-state index is 0.201. The monoisotopic (exact) mass is 379 g/mol. The zero-order valence-electron chi connectivity index (χ0n) is 12.1. The van der Waals surface area contributed by atoms with Crippen molar-refractivity contribution < 1.29 is 4.79 Å². The minimum atomic E-state index is 0.201. The zero-order valence-corrected chi connectivity index (χ0v) is 14.5. The summed E-state index contributed by atoms with van der Waals surface area (Å²) in [6, 6.07) is 8.16. The van der Waals surface area contributed by atoms with Crippen LogP contribution < -0.4 is 10.6 Å². The van der Waals surface area contributed by atoms with Crippen LogP contribution in [0.2, 0.25) is 0 Å². The number of amides is 1. The third-order valence-electron chi connectivity index (χ3n) is 3.48. The van der Waals surface area contributed by atoms with Crippen LogP contribution in [0.4, 0.5) is 0 Å². The molecule has 1 aromatic carbocycles. The predicted molar refractivity (Wildman–Crippen MR) is 92.7 cm³/mol. The van der Waals surface area contributed by atoms with Gasteiger partial charge in [0.15, 0.2) is 0 Å². The molecule has 3 rings (SSSR count). The first-order chi connectivity index (χ1) is 10.7. The SMILES string of the molecule is O=C(NCCNCc1csc(-c2cccc(Br)c2)n1)C1CC1. The highest BCUT2D eigenvalue weighted by atomic mass is 79.9. The Hall–Kier alpha value is -1.24. The van der Waals surface area contributed by atoms with Crippen molar-refractivity contribution in [2.24, 2.45) is 5.92 Å². The lowest BCUT2D eigenvalue weighted by Crippen LogP contribution is -2.32. The topological polar surface area (TPSA) is 54.0 Å². The summed E-state index contributed by atoms with van der Waals surface area (Å²) in [5.41, 5.74) is 2.16. The largest absolute Gasteiger partial charge is 0.355 e. The molecule has 0 unspecified atom stereocenters. The van der Waals surface area contributed by atoms with Crippen molar-refractivity contribution in [2.45, 2.75) is 19.4 Å². The van der Waals surface area contributed by atoms with E-state index in [1.165, 1.54) is 0 Å². The van der Waals surface area contributed by atoms with Gasteiger partial charge in [0.05, 0.1) is 5.69 Å². The molecule has 22 heavy (non-hydrogen) atoms. The van der Waals surface area contributed by atoms with Gasteiger partial charge in [-0.3, -0.25) is 4.79 Å². The molecule has 1 aliphatic carbocycles. The second-order valence-electron chi connectivity index (χ2n) is 5.40. The fourth-order valence-corrected chi connectivity index (χ4v) is 3.34. The van der Waals surface area contributed by atoms with E-state index in [4.69, 9.17) is 0 Å². The van der Waals surface area contributed by atoms with Crippen LogP contribution >= 0.6 is 27.3 Å². The summed E-state index contributed by atoms with van der Waals surface area (Å²) in [5.74, 6) is 0.485. The van der Waals surface area contributed by atoms with E-state index in [2.05, 4.69) is 49.1 Å². The molecule has 2 aromatic rings. The fraction of sp³-hybridized carbons (Fsp3) is 0.375. The van der Waals surface area contributed by atoms with Crippen LogP contribution in [-0.2, 0) is 11.3 Å². The number of hydrogen-bond acceptors (Lipinski definition) is 4. The lowest BCUT2D eigenvalue weighted by molar-refractivity contribution is -0.122. The molecule has 2 N–H and O–H groups in total. The third kappa shape index (κ3) is 4.38. The number of rotatable bonds is 7. The second-order valence-corrected chi connectivity index (χ2v) is 7.17. The lowest BCUT2D eigenvalue weighted by Gasteiger charge is -2.05. The van der Waals surface area contributed by atoms with Crippen LogP contribution in [0.15, 0.2) is 34.1 Å². The second kappa shape index (κ2) is 7.35. The first-order valence-electron chi connectivity index (χ1n) is 7.41. The predicted octanol–water partition coefficient (Wildman–Crippen LogP) is 3.19. The Morgan fingerprint density at radius 2 is 2.23 bits per heavy atom. The molecule has 0 aliphatic heterocycles. The molecule has 0 radical (unpaired) electrons. The summed E-state index contributed by atoms with van der Waals surface area (Å²) in [6.45, 7) is 2.17. The first-order valence-corrected chi connectivity index (χ1v) is 9.08. The highest BCUT2D eigenvalue weighted by Gasteiger charge is 2.28. The molecule has 1 heterocycles. The van der Waals surface area contributed by atoms with Crippen LogP contribution in [-0.4, -0.2) is 24.0 Å². The van der Waals surface area contributed by atoms with Crippen molar-refractivity contribution >= 4 is 33.2 Å². The Morgan fingerprint density at radius 3 is 3.00 bits per heavy atom. The van der Waals surface area contributed by atoms with Gasteiger partial charge in [-0.15, -0.1) is 11.3 Å². The molecule has 4 nitrogen and oxygen atoms in total. The van der Waals surface area contributed by atoms with Gasteiger partial charge in [-0.05, 0) is 25.0 Å². The van der Waals surface area contributed by atoms with E-state index in [0.29, 0.717) is 6.54 Å². The van der Waals surface area contributed by atoms with Crippen LogP contribution in [0.3, 0.4) is 0 Å². The highest BCUT2D eigenvalue weighted by Crippen LogP contribution is 2.28. The highest BCUT2D eigenvalue weighted by molar-refractivity contribution is 9.10. The van der Waals surface area contributed by atoms with Crippen LogP contribution in [0.5, 0.6) is 0 Å². The smallest absolute Gasteiger partial charge is 0.223 e. The van der Waals surface area contributed by atoms with E-state index < -0.39 is 0 Å². The maximum atomic E-state index is 11.5. The summed E-state index contributed by atoms with van der Waals surface area (Å²) in [5, 5.41) is 9.36. The van der Waals surface area contributed by atoms with Gasteiger partial charge in [0, 0.05) is 41.0 Å². The van der Waals surface area contributed by atoms with Crippen molar-refractivity contribution in [2.75, 3.05) is 13.1 Å². The number of benzene rings is 1. The van der Waals surface area contributed by atoms with Gasteiger partial charge in [-0.25, -0.2) is 4.98 Å². The summed E-state index contributed by atoms with van der Waals surface area (Å²) in [6.07, 6.45) is 2.10. The molecule has 1 aromatic heterocycles. The summed E-state index contributed by atoms with van der Waals surface area (Å²) >= 11 is 5.13. The van der Waals surface area contributed by atoms with E-state index in [-0.39, 0.29) is 11.8 Å². The van der Waals surface area contributed by atoms with Crippen LogP contribution in [0, 0.1) is 5.92 Å². The maximum Gasteiger partial charge on any atom is 0.223 e. The Balaban J connectivity index is 1.42. The van der Waals surface area contributed by atoms with E-state index in [1.54, 1.807) is 11.3 Å². The minimum Gasteiger partial charge on any atom is -0.355 e. The van der Waals surface area contributed by atoms with Crippen molar-refractivity contribution in [1.29, 1.82) is 0 Å². The van der Waals surface area contributed by atoms with E-state index in [1.807, 2.05) is 12.1 Å². The zero-order chi connectivity index (χ0) is 15.4. The molecule has 6 heteroatoms. The number of hydrogen-bond donors (Lipinski definition) is 2. The van der Waals surface area contributed by atoms with Crippen LogP contribution in [0.1, 0.15) is 18.5 Å². The maximum absolute atomic E-state index is 11.5. The molecular formula is C16H18BrN3OS. The van der Waals surface area contributed by atoms with Crippen molar-refractivity contribution in [1.82, 2.24) is 15.6 Å². The van der Waals surface area contributed by atoms with Gasteiger partial charge in [-0.1, -0.05) is 28.1 Å². The van der Waals surface area contributed by atoms with Crippen molar-refractivity contribution in [3.05, 3.63) is 39.8 Å². The molecule has 1 fully saturated rings. The Bertz CT molecular complexity index is 654. The first kappa shape index (κ1) is 15.6. The van der Waals surface area contributed by atoms with Gasteiger partial charge in [0.25, 0.3) is 0 Å². The number of carbonyl (C=O) groups is 1. The average molecular weight is 380 g/mol. The van der Waals surface area contributed by atoms with Gasteiger partial charge < -0.3 is 10.6 Å². The summed E-state index contributed by atoms with van der Waals surface area (Å²) in [7, 11) is 0. The Labute approximate surface area is 142 Å². The Kier molecular flexibility index (Phi) is 5.23. The molecule has 0 saturated heterocycles. The number of nitrogens with one attached hydrogen (secondary N) is 2. The molecule has 0 bridgehead atoms. The summed E-state index contributed by atoms with van der Waals surface area (Å²) in [4.78, 5) is 16.1. The average Bonchev–Trinajstić information content (AvgIpc) is 3.26. The normalized spacial score (nSPS) is 14.0. The van der Waals surface area contributed by atoms with E-state index in [9.17, 15) is 4.79 Å². The number of aromatic nitrogens is 1. The Morgan fingerprint density at radius 1 is 1.36 bits per heavy atom. The van der Waals surface area contributed by atoms with Crippen molar-refractivity contribution in [3.63, 3.8) is 0 Å². The quantitative estimate of drug-likeness (QED) is 0.726. The van der Waals surface area contributed by atoms with E-state index in [0.717, 1.165) is 46.7 Å². The van der Waals surface area contributed by atoms with E-state index >= 15 is 0 Å². The van der Waals surface area contributed by atoms with Crippen LogP contribution in [0.25, 0.3) is 10.6 Å². The number of carbonyl (C=O) groups excluding carboxylic acids is 1. The number of thiazole rings is 1. The molecule has 0 spiro atoms. The van der Waals surface area contributed by atoms with Gasteiger partial charge in [0.1, 0.15) is 5.01 Å².